The van der Waals surface area contributed by atoms with E-state index in [4.69, 9.17) is 0 Å². The Morgan fingerprint density at radius 3 is 2.41 bits per heavy atom. The van der Waals surface area contributed by atoms with Gasteiger partial charge in [-0.05, 0) is 56.5 Å². The third kappa shape index (κ3) is 4.52. The summed E-state index contributed by atoms with van der Waals surface area (Å²) >= 11 is 0. The highest BCUT2D eigenvalue weighted by molar-refractivity contribution is 5.97. The second-order valence-corrected chi connectivity index (χ2v) is 9.24. The molecule has 3 heterocycles. The third-order valence-electron chi connectivity index (χ3n) is 7.32. The Kier molecular flexibility index (Phi) is 6.82. The van der Waals surface area contributed by atoms with E-state index >= 15 is 0 Å². The number of piperazine rings is 1. The highest BCUT2D eigenvalue weighted by Gasteiger charge is 2.34. The molecule has 2 aliphatic rings. The number of likely N-dealkylation sites (N-methyl/N-ethyl adjacent to an activating group) is 1. The lowest BCUT2D eigenvalue weighted by Gasteiger charge is -2.35. The van der Waals surface area contributed by atoms with E-state index in [0.717, 1.165) is 44.7 Å². The van der Waals surface area contributed by atoms with Gasteiger partial charge in [0.05, 0.1) is 17.6 Å². The molecule has 0 bridgehead atoms. The molecule has 0 unspecified atom stereocenters. The highest BCUT2D eigenvalue weighted by Crippen LogP contribution is 2.32. The number of amides is 1. The molecule has 172 valence electrons. The van der Waals surface area contributed by atoms with Gasteiger partial charge in [0.15, 0.2) is 0 Å². The fraction of sp³-hybridized carbons (Fsp3) is 0.538. The summed E-state index contributed by atoms with van der Waals surface area (Å²) in [6.07, 6.45) is 4.60. The first-order valence-corrected chi connectivity index (χ1v) is 12.0. The van der Waals surface area contributed by atoms with Crippen LogP contribution in [0.2, 0.25) is 0 Å². The molecular formula is C26H36N4O2. The Balaban J connectivity index is 1.46. The van der Waals surface area contributed by atoms with Crippen molar-refractivity contribution >= 4 is 17.3 Å². The molecule has 2 aromatic rings. The van der Waals surface area contributed by atoms with Gasteiger partial charge in [0.1, 0.15) is 5.60 Å². The number of rotatable bonds is 7. The van der Waals surface area contributed by atoms with Crippen LogP contribution in [0.5, 0.6) is 0 Å². The molecule has 0 spiro atoms. The smallest absolute Gasteiger partial charge is 0.230 e. The summed E-state index contributed by atoms with van der Waals surface area (Å²) in [5, 5.41) is 10.7. The van der Waals surface area contributed by atoms with E-state index in [0.29, 0.717) is 25.1 Å². The molecule has 4 rings (SSSR count). The zero-order chi connectivity index (χ0) is 22.7. The minimum atomic E-state index is -0.900. The molecule has 1 aromatic carbocycles. The SMILES string of the molecule is CCC(O)(CC)c1ccc(N2CC[C@H](Cc3ccccc3N3CCN([11CH3])CC3)C2=O)cn1. The Bertz CT molecular complexity index is 918. The van der Waals surface area contributed by atoms with E-state index < -0.39 is 5.60 Å². The molecule has 0 saturated carbocycles. The number of hydrogen-bond donors (Lipinski definition) is 1. The van der Waals surface area contributed by atoms with Crippen LogP contribution < -0.4 is 9.80 Å². The van der Waals surface area contributed by atoms with Crippen molar-refractivity contribution in [1.82, 2.24) is 9.88 Å². The lowest BCUT2D eigenvalue weighted by molar-refractivity contribution is -0.120. The van der Waals surface area contributed by atoms with Crippen LogP contribution in [0.3, 0.4) is 0 Å². The lowest BCUT2D eigenvalue weighted by atomic mass is 9.93. The van der Waals surface area contributed by atoms with Gasteiger partial charge in [0, 0.05) is 44.3 Å². The zero-order valence-electron chi connectivity index (χ0n) is 19.6. The molecular weight excluding hydrogens is 399 g/mol. The number of nitrogens with zero attached hydrogens (tertiary/aromatic N) is 4. The average Bonchev–Trinajstić information content (AvgIpc) is 3.19. The topological polar surface area (TPSA) is 59.9 Å². The van der Waals surface area contributed by atoms with Gasteiger partial charge in [-0.15, -0.1) is 0 Å². The largest absolute Gasteiger partial charge is 0.384 e. The minimum Gasteiger partial charge on any atom is -0.384 e. The van der Waals surface area contributed by atoms with E-state index in [1.807, 2.05) is 30.9 Å². The maximum absolute atomic E-state index is 13.3. The summed E-state index contributed by atoms with van der Waals surface area (Å²) in [6, 6.07) is 12.3. The fourth-order valence-corrected chi connectivity index (χ4v) is 4.92. The quantitative estimate of drug-likeness (QED) is 0.722. The van der Waals surface area contributed by atoms with Gasteiger partial charge in [0.25, 0.3) is 0 Å². The summed E-state index contributed by atoms with van der Waals surface area (Å²) in [7, 11) is 2.17. The number of aliphatic hydroxyl groups is 1. The van der Waals surface area contributed by atoms with E-state index in [9.17, 15) is 9.90 Å². The standard InChI is InChI=1S/C26H36N4O2/c1-4-26(32,5-2)24-11-10-22(19-27-24)30-13-12-21(25(30)31)18-20-8-6-7-9-23(20)29-16-14-28(3)15-17-29/h6-11,19,21,32H,4-5,12-18H2,1-3H3/t21-/m1/s1/i3-1. The Hall–Kier alpha value is -2.44. The van der Waals surface area contributed by atoms with Crippen LogP contribution in [-0.2, 0) is 16.8 Å². The molecule has 1 aromatic heterocycles. The summed E-state index contributed by atoms with van der Waals surface area (Å²) in [4.78, 5) is 24.4. The van der Waals surface area contributed by atoms with Crippen LogP contribution >= 0.6 is 0 Å². The summed E-state index contributed by atoms with van der Waals surface area (Å²) in [6.45, 7) is 8.84. The van der Waals surface area contributed by atoms with Gasteiger partial charge >= 0.3 is 0 Å². The molecule has 6 nitrogen and oxygen atoms in total. The second kappa shape index (κ2) is 9.59. The van der Waals surface area contributed by atoms with Crippen molar-refractivity contribution in [2.45, 2.75) is 45.1 Å². The zero-order valence-corrected chi connectivity index (χ0v) is 19.6. The van der Waals surface area contributed by atoms with Crippen LogP contribution in [0.25, 0.3) is 0 Å². The third-order valence-corrected chi connectivity index (χ3v) is 7.32. The molecule has 1 N–H and O–H groups in total. The van der Waals surface area contributed by atoms with Crippen LogP contribution in [-0.4, -0.2) is 60.7 Å². The number of hydrogen-bond acceptors (Lipinski definition) is 5. The summed E-state index contributed by atoms with van der Waals surface area (Å²) in [5.74, 6) is 0.167. The maximum Gasteiger partial charge on any atom is 0.230 e. The van der Waals surface area contributed by atoms with Crippen molar-refractivity contribution in [1.29, 1.82) is 0 Å². The molecule has 2 aliphatic heterocycles. The Morgan fingerprint density at radius 2 is 1.75 bits per heavy atom. The predicted octanol–water partition coefficient (Wildman–Crippen LogP) is 3.44. The number of anilines is 2. The first kappa shape index (κ1) is 22.7. The number of pyridine rings is 1. The molecule has 0 aliphatic carbocycles. The van der Waals surface area contributed by atoms with Gasteiger partial charge in [-0.25, -0.2) is 0 Å². The number of carbonyl (C=O) groups excluding carboxylic acids is 1. The van der Waals surface area contributed by atoms with E-state index in [1.165, 1.54) is 11.3 Å². The van der Waals surface area contributed by atoms with Crippen molar-refractivity contribution < 1.29 is 9.90 Å². The number of aromatic nitrogens is 1. The molecule has 1 atom stereocenters. The van der Waals surface area contributed by atoms with Crippen molar-refractivity contribution in [3.63, 3.8) is 0 Å². The summed E-state index contributed by atoms with van der Waals surface area (Å²) < 4.78 is 0. The normalized spacial score (nSPS) is 20.2. The second-order valence-electron chi connectivity index (χ2n) is 9.24. The van der Waals surface area contributed by atoms with Crippen molar-refractivity contribution in [2.24, 2.45) is 5.92 Å². The lowest BCUT2D eigenvalue weighted by Crippen LogP contribution is -2.44. The molecule has 1 amide bonds. The number of carbonyl (C=O) groups is 1. The Morgan fingerprint density at radius 1 is 1.03 bits per heavy atom. The van der Waals surface area contributed by atoms with Gasteiger partial charge in [-0.2, -0.15) is 0 Å². The minimum absolute atomic E-state index is 0.00786. The highest BCUT2D eigenvalue weighted by atomic mass is 16.3. The Labute approximate surface area is 191 Å². The molecule has 32 heavy (non-hydrogen) atoms. The van der Waals surface area contributed by atoms with Crippen LogP contribution in [0.15, 0.2) is 42.6 Å². The fourth-order valence-electron chi connectivity index (χ4n) is 4.92. The monoisotopic (exact) mass is 435 g/mol. The van der Waals surface area contributed by atoms with E-state index in [1.54, 1.807) is 6.20 Å². The van der Waals surface area contributed by atoms with Gasteiger partial charge in [-0.1, -0.05) is 32.0 Å². The van der Waals surface area contributed by atoms with Crippen LogP contribution in [0.1, 0.15) is 44.4 Å². The number of para-hydroxylation sites is 1. The van der Waals surface area contributed by atoms with Gasteiger partial charge < -0.3 is 19.8 Å². The van der Waals surface area contributed by atoms with Crippen molar-refractivity contribution in [3.05, 3.63) is 53.9 Å². The molecule has 0 radical (unpaired) electrons. The average molecular weight is 436 g/mol. The van der Waals surface area contributed by atoms with Gasteiger partial charge in [0.2, 0.25) is 5.91 Å². The first-order valence-electron chi connectivity index (χ1n) is 12.0. The molecule has 2 saturated heterocycles. The number of benzene rings is 1. The summed E-state index contributed by atoms with van der Waals surface area (Å²) in [5.41, 5.74) is 3.14. The van der Waals surface area contributed by atoms with Crippen LogP contribution in [0, 0.1) is 5.92 Å². The van der Waals surface area contributed by atoms with E-state index in [2.05, 4.69) is 46.1 Å². The van der Waals surface area contributed by atoms with Gasteiger partial charge in [-0.3, -0.25) is 9.78 Å². The maximum atomic E-state index is 13.3. The van der Waals surface area contributed by atoms with Crippen LogP contribution in [0.4, 0.5) is 11.4 Å². The first-order chi connectivity index (χ1) is 15.4. The van der Waals surface area contributed by atoms with Crippen molar-refractivity contribution in [2.75, 3.05) is 49.6 Å². The molecule has 6 heteroatoms. The predicted molar refractivity (Wildman–Crippen MR) is 129 cm³/mol. The van der Waals surface area contributed by atoms with E-state index in [-0.39, 0.29) is 11.8 Å². The van der Waals surface area contributed by atoms with Crippen molar-refractivity contribution in [3.8, 4) is 0 Å². The molecule has 2 fully saturated rings.